The second-order valence-corrected chi connectivity index (χ2v) is 8.52. The number of carbonyl (C=O) groups is 2. The van der Waals surface area contributed by atoms with Crippen molar-refractivity contribution in [2.24, 2.45) is 4.99 Å². The molecular weight excluding hydrogens is 444 g/mol. The monoisotopic (exact) mass is 474 g/mol. The Morgan fingerprint density at radius 2 is 1.83 bits per heavy atom. The van der Waals surface area contributed by atoms with Gasteiger partial charge in [-0.05, 0) is 67.8 Å². The first-order chi connectivity index (χ1) is 17.0. The normalized spacial score (nSPS) is 18.1. The van der Waals surface area contributed by atoms with Crippen LogP contribution >= 0.6 is 0 Å². The lowest BCUT2D eigenvalue weighted by atomic mass is 10.1. The van der Waals surface area contributed by atoms with Crippen molar-refractivity contribution >= 4 is 30.0 Å². The number of methoxy groups -OCH3 is 1. The van der Waals surface area contributed by atoms with Crippen LogP contribution in [0, 0.1) is 0 Å². The molecule has 2 aromatic carbocycles. The van der Waals surface area contributed by atoms with E-state index in [1.54, 1.807) is 19.4 Å². The predicted octanol–water partition coefficient (Wildman–Crippen LogP) is 4.81. The average molecular weight is 475 g/mol. The lowest BCUT2D eigenvalue weighted by molar-refractivity contribution is -0.120. The van der Waals surface area contributed by atoms with E-state index < -0.39 is 12.1 Å². The van der Waals surface area contributed by atoms with Crippen molar-refractivity contribution < 1.29 is 19.1 Å². The van der Waals surface area contributed by atoms with Gasteiger partial charge in [0.05, 0.1) is 13.2 Å². The molecule has 0 spiro atoms. The minimum Gasteiger partial charge on any atom is -0.493 e. The van der Waals surface area contributed by atoms with E-state index in [9.17, 15) is 9.59 Å². The molecule has 0 aromatic heterocycles. The Morgan fingerprint density at radius 1 is 1.11 bits per heavy atom. The molecule has 8 nitrogen and oxygen atoms in total. The molecule has 1 aliphatic carbocycles. The fraction of sp³-hybridized carbons (Fsp3) is 0.296. The van der Waals surface area contributed by atoms with Crippen molar-refractivity contribution in [3.8, 4) is 11.5 Å². The van der Waals surface area contributed by atoms with Gasteiger partial charge in [0.1, 0.15) is 6.04 Å². The van der Waals surface area contributed by atoms with Crippen molar-refractivity contribution in [3.63, 3.8) is 0 Å². The van der Waals surface area contributed by atoms with Crippen LogP contribution in [0.5, 0.6) is 11.5 Å². The molecule has 2 fully saturated rings. The lowest BCUT2D eigenvalue weighted by Crippen LogP contribution is -2.22. The number of carbonyl (C=O) groups excluding carboxylic acids is 2. The molecule has 182 valence electrons. The summed E-state index contributed by atoms with van der Waals surface area (Å²) in [5, 5.41) is 4.89. The molecule has 3 amide bonds. The quantitative estimate of drug-likeness (QED) is 0.293. The van der Waals surface area contributed by atoms with Crippen molar-refractivity contribution in [2.75, 3.05) is 18.6 Å². The topological polar surface area (TPSA) is 92.3 Å². The van der Waals surface area contributed by atoms with Crippen LogP contribution in [0.4, 0.5) is 16.2 Å². The zero-order valence-corrected chi connectivity index (χ0v) is 19.8. The van der Waals surface area contributed by atoms with E-state index in [0.29, 0.717) is 23.6 Å². The second-order valence-electron chi connectivity index (χ2n) is 8.52. The van der Waals surface area contributed by atoms with Crippen molar-refractivity contribution in [1.82, 2.24) is 10.6 Å². The standard InChI is InChI=1S/C27H30N4O4/c1-4-18(16-28-2)17-31(20-11-9-19(10-12-20)25-26(32)30-27(33)29-25)21-13-14-23(34-3)24(15-21)35-22-7-5-6-8-22/h4,9-16,22,25H,1-2,5-8,17H2,3H3,(H2,29,30,32,33)/b18-16+. The molecule has 1 heterocycles. The number of hydrogen-bond donors (Lipinski definition) is 2. The molecule has 35 heavy (non-hydrogen) atoms. The summed E-state index contributed by atoms with van der Waals surface area (Å²) in [6, 6.07) is 12.2. The Kier molecular flexibility index (Phi) is 7.50. The smallest absolute Gasteiger partial charge is 0.322 e. The zero-order chi connectivity index (χ0) is 24.8. The third-order valence-corrected chi connectivity index (χ3v) is 6.23. The molecule has 2 aliphatic rings. The number of rotatable bonds is 10. The fourth-order valence-electron chi connectivity index (χ4n) is 4.40. The molecule has 0 bridgehead atoms. The molecule has 4 rings (SSSR count). The maximum Gasteiger partial charge on any atom is 0.322 e. The first-order valence-electron chi connectivity index (χ1n) is 11.6. The van der Waals surface area contributed by atoms with Gasteiger partial charge in [0.2, 0.25) is 0 Å². The highest BCUT2D eigenvalue weighted by atomic mass is 16.5. The van der Waals surface area contributed by atoms with Crippen LogP contribution in [0.25, 0.3) is 0 Å². The Morgan fingerprint density at radius 3 is 2.43 bits per heavy atom. The van der Waals surface area contributed by atoms with Gasteiger partial charge in [-0.15, -0.1) is 0 Å². The Bertz CT molecular complexity index is 1140. The van der Waals surface area contributed by atoms with E-state index in [1.807, 2.05) is 42.5 Å². The molecule has 2 aromatic rings. The van der Waals surface area contributed by atoms with Crippen LogP contribution in [0.2, 0.25) is 0 Å². The van der Waals surface area contributed by atoms with E-state index >= 15 is 0 Å². The highest BCUT2D eigenvalue weighted by Crippen LogP contribution is 2.37. The molecular formula is C27H30N4O4. The van der Waals surface area contributed by atoms with Gasteiger partial charge in [0.15, 0.2) is 11.5 Å². The van der Waals surface area contributed by atoms with Crippen LogP contribution in [0.1, 0.15) is 37.3 Å². The minimum absolute atomic E-state index is 0.188. The molecule has 2 N–H and O–H groups in total. The summed E-state index contributed by atoms with van der Waals surface area (Å²) in [6.45, 7) is 7.95. The first kappa shape index (κ1) is 24.1. The summed E-state index contributed by atoms with van der Waals surface area (Å²) < 4.78 is 11.9. The zero-order valence-electron chi connectivity index (χ0n) is 19.8. The number of aliphatic imine (C=N–C) groups is 1. The van der Waals surface area contributed by atoms with Gasteiger partial charge in [-0.25, -0.2) is 4.79 Å². The maximum atomic E-state index is 12.1. The number of amides is 3. The van der Waals surface area contributed by atoms with E-state index in [4.69, 9.17) is 9.47 Å². The van der Waals surface area contributed by atoms with Gasteiger partial charge >= 0.3 is 6.03 Å². The average Bonchev–Trinajstić information content (AvgIpc) is 3.50. The summed E-state index contributed by atoms with van der Waals surface area (Å²) >= 11 is 0. The lowest BCUT2D eigenvalue weighted by Gasteiger charge is -2.27. The van der Waals surface area contributed by atoms with Crippen LogP contribution in [0.15, 0.2) is 71.9 Å². The summed E-state index contributed by atoms with van der Waals surface area (Å²) in [4.78, 5) is 29.6. The predicted molar refractivity (Wildman–Crippen MR) is 137 cm³/mol. The number of nitrogens with zero attached hydrogens (tertiary/aromatic N) is 2. The van der Waals surface area contributed by atoms with Gasteiger partial charge in [-0.3, -0.25) is 15.1 Å². The van der Waals surface area contributed by atoms with Crippen molar-refractivity contribution in [1.29, 1.82) is 0 Å². The van der Waals surface area contributed by atoms with Gasteiger partial charge in [-0.1, -0.05) is 24.8 Å². The number of anilines is 2. The van der Waals surface area contributed by atoms with Gasteiger partial charge in [0.25, 0.3) is 5.91 Å². The highest BCUT2D eigenvalue weighted by Gasteiger charge is 2.30. The molecule has 1 saturated carbocycles. The molecule has 8 heteroatoms. The van der Waals surface area contributed by atoms with E-state index in [1.165, 1.54) is 12.8 Å². The van der Waals surface area contributed by atoms with Gasteiger partial charge < -0.3 is 19.7 Å². The number of hydrogen-bond acceptors (Lipinski definition) is 6. The van der Waals surface area contributed by atoms with Gasteiger partial charge in [0, 0.05) is 30.2 Å². The number of ether oxygens (including phenoxy) is 2. The summed E-state index contributed by atoms with van der Waals surface area (Å²) in [5.41, 5.74) is 3.35. The first-order valence-corrected chi connectivity index (χ1v) is 11.6. The molecule has 1 unspecified atom stereocenters. The fourth-order valence-corrected chi connectivity index (χ4v) is 4.40. The van der Waals surface area contributed by atoms with E-state index in [-0.39, 0.29) is 12.0 Å². The number of benzene rings is 2. The third kappa shape index (κ3) is 5.54. The number of urea groups is 1. The van der Waals surface area contributed by atoms with Crippen molar-refractivity contribution in [2.45, 2.75) is 37.8 Å². The molecule has 1 atom stereocenters. The summed E-state index contributed by atoms with van der Waals surface area (Å²) in [6.07, 6.45) is 8.03. The minimum atomic E-state index is -0.703. The highest BCUT2D eigenvalue weighted by molar-refractivity contribution is 6.04. The van der Waals surface area contributed by atoms with Crippen LogP contribution in [-0.4, -0.2) is 38.4 Å². The van der Waals surface area contributed by atoms with Crippen LogP contribution < -0.4 is 25.0 Å². The Balaban J connectivity index is 1.68. The SMILES string of the molecule is C=C/C(=C\N=C)CN(c1ccc(C2NC(=O)NC2=O)cc1)c1ccc(OC)c(OC2CCCC2)c1. The summed E-state index contributed by atoms with van der Waals surface area (Å²) in [5.74, 6) is 1.03. The third-order valence-electron chi connectivity index (χ3n) is 6.23. The second kappa shape index (κ2) is 10.9. The number of nitrogens with one attached hydrogen (secondary N) is 2. The maximum absolute atomic E-state index is 12.1. The van der Waals surface area contributed by atoms with E-state index in [2.05, 4.69) is 33.8 Å². The van der Waals surface area contributed by atoms with Crippen LogP contribution in [0.3, 0.4) is 0 Å². The van der Waals surface area contributed by atoms with E-state index in [0.717, 1.165) is 29.8 Å². The van der Waals surface area contributed by atoms with Gasteiger partial charge in [-0.2, -0.15) is 0 Å². The Hall–Kier alpha value is -4.07. The largest absolute Gasteiger partial charge is 0.493 e. The Labute approximate surface area is 205 Å². The van der Waals surface area contributed by atoms with Crippen molar-refractivity contribution in [3.05, 3.63) is 72.5 Å². The summed E-state index contributed by atoms with van der Waals surface area (Å²) in [7, 11) is 1.64. The molecule has 1 aliphatic heterocycles. The molecule has 0 radical (unpaired) electrons. The number of imide groups is 1. The molecule has 1 saturated heterocycles. The van der Waals surface area contributed by atoms with Crippen LogP contribution in [-0.2, 0) is 4.79 Å².